The molecule has 4 fully saturated rings. The van der Waals surface area contributed by atoms with Gasteiger partial charge in [0.15, 0.2) is 6.29 Å². The van der Waals surface area contributed by atoms with Gasteiger partial charge >= 0.3 is 0 Å². The fourth-order valence-corrected chi connectivity index (χ4v) is 21.6. The summed E-state index contributed by atoms with van der Waals surface area (Å²) in [5.74, 6) is 2.25. The van der Waals surface area contributed by atoms with E-state index in [1.807, 2.05) is 217 Å². The smallest absolute Gasteiger partial charge is 0.152 e. The third kappa shape index (κ3) is 23.9. The average Bonchev–Trinajstić information content (AvgIpc) is 1.63. The van der Waals surface area contributed by atoms with E-state index in [9.17, 15) is 9.90 Å². The number of rotatable bonds is 21. The molecule has 0 saturated carbocycles. The van der Waals surface area contributed by atoms with Crippen LogP contribution in [-0.4, -0.2) is 174 Å². The van der Waals surface area contributed by atoms with E-state index < -0.39 is 0 Å². The SMILES string of the molecule is Clc1ccc(-n2cc(C3CCN(Cc4ccn[nH]4)CC3)c3ccncc32)cc1.Cn1cc(CN2CCC(c3cn(-c4ccc(Cl)cc4)c4cnccc34)CC2)cn1.N#CCCCN1CCC(c2cn(-c3ccc(Cl)cc3)c3cnccc23)CC1.N#CCCN1CCC(c2cn(-c3ccc(Cl)cc3)c3cnccc23)CC1.O=Cc1cn(-c2ccc(Cl)cc2)c2cnccc12.OCc1cn(-c2ccc(Cl)cc2)c2cnccc12. The number of aliphatic hydroxyl groups excluding tert-OH is 1. The Kier molecular flexibility index (Phi) is 33.1. The Morgan fingerprint density at radius 2 is 0.644 bits per heavy atom. The third-order valence-electron chi connectivity index (χ3n) is 28.3. The predicted molar refractivity (Wildman–Crippen MR) is 586 cm³/mol. The minimum absolute atomic E-state index is 0.0150. The van der Waals surface area contributed by atoms with E-state index in [2.05, 4.69) is 193 Å². The number of nitriles is 2. The number of fused-ring (bicyclic) bond motifs is 6. The molecule has 0 atom stereocenters. The number of nitrogens with zero attached hydrogens (tertiary/aromatic N) is 21. The molecule has 24 nitrogen and oxygen atoms in total. The van der Waals surface area contributed by atoms with Crippen molar-refractivity contribution in [3.8, 4) is 46.3 Å². The highest BCUT2D eigenvalue weighted by Gasteiger charge is 2.30. The number of aromatic amines is 1. The number of aldehydes is 1. The lowest BCUT2D eigenvalue weighted by molar-refractivity contribution is 0.112. The van der Waals surface area contributed by atoms with Crippen molar-refractivity contribution in [2.45, 2.75) is 114 Å². The number of nitrogens with one attached hydrogen (secondary N) is 1. The standard InChI is InChI=1S/C23H24ClN5.C22H22ClN5.C22H23ClN4.C21H21ClN4.C14H11ClN2O.C14H9ClN2O/c1-27-14-17(12-26-27)15-28-10-7-18(8-11-28)22-16-29(20-4-2-19(24)3-5-20)23-13-25-9-6-21(22)23;23-17-1-3-19(4-2-17)28-15-21(20-6-9-24-13-22(20)28)16-7-11-27(12-8-16)14-18-5-10-25-26-18;23-18-3-5-19(6-4-18)27-16-21(20-7-11-25-15-22(20)27)17-8-13-26(14-9-17)12-2-1-10-24;22-17-2-4-18(5-3-17)26-15-20(19-6-10-24-14-21(19)26)16-7-12-25(13-8-16)11-1-9-23;2*15-11-1-3-12(4-2-11)17-8-10(9-18)13-5-6-16-7-14(13)17/h2-6,9,12-14,16,18H,7-8,10-11,15H2,1H3;1-6,9-10,13,15-16H,7-8,11-12,14H2,(H,25,26);3-7,11,15-17H,1-2,8-9,12-14H2;2-6,10,14-16H,1,7-8,11-13H2;1-8,18H,9H2;1-9H. The third-order valence-corrected chi connectivity index (χ3v) is 29.9. The highest BCUT2D eigenvalue weighted by molar-refractivity contribution is 6.32. The van der Waals surface area contributed by atoms with Gasteiger partial charge in [0, 0.05) is 245 Å². The number of carbonyl (C=O) groups excluding carboxylic acids is 1. The Balaban J connectivity index is 0.000000111. The van der Waals surface area contributed by atoms with Crippen molar-refractivity contribution in [1.82, 2.24) is 96.9 Å². The number of unbranched alkanes of at least 4 members (excludes halogenated alkanes) is 1. The van der Waals surface area contributed by atoms with Crippen LogP contribution in [0.15, 0.2) is 318 Å². The molecular weight excluding hydrogens is 1950 g/mol. The summed E-state index contributed by atoms with van der Waals surface area (Å²) < 4.78 is 14.7. The average molecular weight is 2060 g/mol. The van der Waals surface area contributed by atoms with Gasteiger partial charge in [-0.1, -0.05) is 69.6 Å². The summed E-state index contributed by atoms with van der Waals surface area (Å²) in [5.41, 5.74) is 22.5. The molecule has 30 heteroatoms. The second-order valence-electron chi connectivity index (χ2n) is 37.4. The monoisotopic (exact) mass is 2050 g/mol. The van der Waals surface area contributed by atoms with Crippen molar-refractivity contribution in [2.24, 2.45) is 7.05 Å². The first-order chi connectivity index (χ1) is 71.5. The van der Waals surface area contributed by atoms with Crippen LogP contribution in [0.5, 0.6) is 0 Å². The Bertz CT molecular complexity index is 7850. The Morgan fingerprint density at radius 1 is 0.342 bits per heavy atom. The maximum Gasteiger partial charge on any atom is 0.152 e. The molecule has 2 N–H and O–H groups in total. The van der Waals surface area contributed by atoms with Gasteiger partial charge in [-0.2, -0.15) is 20.7 Å². The first-order valence-corrected chi connectivity index (χ1v) is 51.7. The molecule has 0 aliphatic carbocycles. The van der Waals surface area contributed by atoms with Crippen LogP contribution in [0.3, 0.4) is 0 Å². The number of carbonyl (C=O) groups is 1. The van der Waals surface area contributed by atoms with E-state index >= 15 is 0 Å². The summed E-state index contributed by atoms with van der Waals surface area (Å²) in [6.07, 6.45) is 53.5. The van der Waals surface area contributed by atoms with E-state index in [1.54, 1.807) is 24.8 Å². The Hall–Kier alpha value is -13.9. The minimum Gasteiger partial charge on any atom is -0.392 e. The molecule has 738 valence electrons. The summed E-state index contributed by atoms with van der Waals surface area (Å²) in [5, 5.41) is 49.8. The molecule has 0 unspecified atom stereocenters. The maximum atomic E-state index is 11.1. The van der Waals surface area contributed by atoms with Gasteiger partial charge in [-0.05, 0) is 351 Å². The lowest BCUT2D eigenvalue weighted by Crippen LogP contribution is -2.33. The molecule has 6 aromatic carbocycles. The molecule has 146 heavy (non-hydrogen) atoms. The molecule has 0 bridgehead atoms. The summed E-state index contributed by atoms with van der Waals surface area (Å²) in [6, 6.07) is 65.8. The van der Waals surface area contributed by atoms with Gasteiger partial charge in [-0.15, -0.1) is 0 Å². The number of hydrogen-bond acceptors (Lipinski definition) is 16. The van der Waals surface area contributed by atoms with E-state index in [1.165, 1.54) is 67.9 Å². The maximum absolute atomic E-state index is 11.1. The number of piperidine rings is 4. The molecule has 4 aliphatic heterocycles. The van der Waals surface area contributed by atoms with Crippen LogP contribution in [0.25, 0.3) is 99.5 Å². The summed E-state index contributed by atoms with van der Waals surface area (Å²) in [6.45, 7) is 12.6. The summed E-state index contributed by atoms with van der Waals surface area (Å²) >= 11 is 36.0. The predicted octanol–water partition coefficient (Wildman–Crippen LogP) is 26.2. The number of H-pyrrole nitrogens is 1. The highest BCUT2D eigenvalue weighted by Crippen LogP contribution is 2.42. The number of aromatic nitrogens is 16. The molecule has 0 radical (unpaired) electrons. The Morgan fingerprint density at radius 3 is 0.959 bits per heavy atom. The quantitative estimate of drug-likeness (QED) is 0.0501. The molecule has 0 spiro atoms. The number of likely N-dealkylation sites (tertiary alicyclic amines) is 4. The Labute approximate surface area is 877 Å². The van der Waals surface area contributed by atoms with E-state index in [0.29, 0.717) is 52.1 Å². The first-order valence-electron chi connectivity index (χ1n) is 49.5. The zero-order valence-corrected chi connectivity index (χ0v) is 85.4. The van der Waals surface area contributed by atoms with Crippen molar-refractivity contribution < 1.29 is 9.90 Å². The fourth-order valence-electron chi connectivity index (χ4n) is 20.8. The molecule has 0 amide bonds. The second-order valence-corrected chi connectivity index (χ2v) is 40.0. The van der Waals surface area contributed by atoms with Crippen LogP contribution in [0.2, 0.25) is 30.1 Å². The molecule has 14 aromatic heterocycles. The van der Waals surface area contributed by atoms with Crippen molar-refractivity contribution in [2.75, 3.05) is 65.4 Å². The van der Waals surface area contributed by atoms with E-state index in [4.69, 9.17) is 80.1 Å². The van der Waals surface area contributed by atoms with Crippen molar-refractivity contribution in [1.29, 1.82) is 10.5 Å². The second kappa shape index (κ2) is 47.9. The van der Waals surface area contributed by atoms with Crippen LogP contribution in [0, 0.1) is 22.7 Å². The summed E-state index contributed by atoms with van der Waals surface area (Å²) in [4.78, 5) is 46.7. The topological polar surface area (TPSA) is 251 Å². The number of aryl methyl sites for hydroxylation is 1. The fraction of sp³-hybridized carbons (Fsp3) is 0.250. The minimum atomic E-state index is 0.0150. The van der Waals surface area contributed by atoms with Gasteiger partial charge in [-0.3, -0.25) is 54.3 Å². The first kappa shape index (κ1) is 101. The van der Waals surface area contributed by atoms with Crippen molar-refractivity contribution in [3.05, 3.63) is 393 Å². The zero-order chi connectivity index (χ0) is 100. The normalized spacial score (nSPS) is 14.7. The van der Waals surface area contributed by atoms with Crippen LogP contribution >= 0.6 is 69.6 Å². The molecule has 4 saturated heterocycles. The highest BCUT2D eigenvalue weighted by atomic mass is 35.5. The molecule has 4 aliphatic rings. The van der Waals surface area contributed by atoms with Crippen molar-refractivity contribution >= 4 is 141 Å². The molecule has 20 aromatic rings. The van der Waals surface area contributed by atoms with Gasteiger partial charge in [0.25, 0.3) is 0 Å². The molecular formula is C116H110Cl6N22O2. The van der Waals surface area contributed by atoms with E-state index in [-0.39, 0.29) is 6.61 Å². The lowest BCUT2D eigenvalue weighted by Gasteiger charge is -2.31. The van der Waals surface area contributed by atoms with Gasteiger partial charge in [0.1, 0.15) is 0 Å². The van der Waals surface area contributed by atoms with Crippen LogP contribution in [0.1, 0.15) is 144 Å². The number of halogens is 6. The lowest BCUT2D eigenvalue weighted by atomic mass is 9.89. The van der Waals surface area contributed by atoms with E-state index in [0.717, 1.165) is 233 Å². The van der Waals surface area contributed by atoms with Gasteiger partial charge in [-0.25, -0.2) is 0 Å². The molecule has 24 rings (SSSR count). The largest absolute Gasteiger partial charge is 0.392 e. The van der Waals surface area contributed by atoms with Gasteiger partial charge in [0.05, 0.1) is 95.2 Å². The van der Waals surface area contributed by atoms with Crippen LogP contribution in [-0.2, 0) is 26.7 Å². The number of pyridine rings is 6. The molecule has 18 heterocycles. The van der Waals surface area contributed by atoms with Gasteiger partial charge in [0.2, 0.25) is 0 Å². The summed E-state index contributed by atoms with van der Waals surface area (Å²) in [7, 11) is 1.97. The van der Waals surface area contributed by atoms with Crippen LogP contribution < -0.4 is 0 Å². The van der Waals surface area contributed by atoms with Gasteiger partial charge < -0.3 is 42.3 Å². The number of hydrogen-bond donors (Lipinski definition) is 2. The van der Waals surface area contributed by atoms with Crippen molar-refractivity contribution in [3.63, 3.8) is 0 Å². The van der Waals surface area contributed by atoms with Crippen LogP contribution in [0.4, 0.5) is 0 Å². The number of aliphatic hydroxyl groups is 1. The number of benzene rings is 6. The zero-order valence-electron chi connectivity index (χ0n) is 80.9.